The van der Waals surface area contributed by atoms with Crippen LogP contribution in [0.2, 0.25) is 0 Å². The normalized spacial score (nSPS) is 24.5. The molecule has 1 atom stereocenters. The van der Waals surface area contributed by atoms with Crippen LogP contribution in [0.5, 0.6) is 0 Å². The predicted molar refractivity (Wildman–Crippen MR) is 116 cm³/mol. The maximum Gasteiger partial charge on any atom is 0.272 e. The van der Waals surface area contributed by atoms with Gasteiger partial charge in [-0.05, 0) is 71.1 Å². The zero-order chi connectivity index (χ0) is 20.1. The summed E-state index contributed by atoms with van der Waals surface area (Å²) in [7, 11) is 2.00. The average molecular weight is 402 g/mol. The number of aryl methyl sites for hydroxylation is 1. The fraction of sp³-hybridized carbons (Fsp3) is 0.826. The summed E-state index contributed by atoms with van der Waals surface area (Å²) in [5, 5.41) is 7.80. The van der Waals surface area contributed by atoms with Gasteiger partial charge < -0.3 is 15.1 Å². The van der Waals surface area contributed by atoms with Crippen molar-refractivity contribution in [2.45, 2.75) is 76.7 Å². The molecule has 2 aliphatic heterocycles. The molecule has 29 heavy (non-hydrogen) atoms. The van der Waals surface area contributed by atoms with Crippen molar-refractivity contribution in [3.8, 4) is 0 Å². The molecule has 0 spiro atoms. The van der Waals surface area contributed by atoms with Crippen molar-refractivity contribution in [2.24, 2.45) is 7.05 Å². The van der Waals surface area contributed by atoms with Gasteiger partial charge in [-0.2, -0.15) is 5.10 Å². The second-order valence-electron chi connectivity index (χ2n) is 9.26. The summed E-state index contributed by atoms with van der Waals surface area (Å²) in [6.07, 6.45) is 13.9. The number of nitrogens with zero attached hydrogens (tertiary/aromatic N) is 4. The third-order valence-electron chi connectivity index (χ3n) is 7.21. The van der Waals surface area contributed by atoms with Gasteiger partial charge in [-0.15, -0.1) is 0 Å². The highest BCUT2D eigenvalue weighted by Gasteiger charge is 2.31. The van der Waals surface area contributed by atoms with Crippen LogP contribution in [-0.4, -0.2) is 70.8 Å². The van der Waals surface area contributed by atoms with E-state index >= 15 is 0 Å². The SMILES string of the molecule is Cn1nc(C(=O)NCCN2CCCCC2)c2c1CCC(N1CCCCCCC1)C2. The number of likely N-dealkylation sites (tertiary alicyclic amines) is 2. The molecule has 1 unspecified atom stereocenters. The zero-order valence-electron chi connectivity index (χ0n) is 18.3. The Morgan fingerprint density at radius 2 is 1.66 bits per heavy atom. The van der Waals surface area contributed by atoms with E-state index in [1.165, 1.54) is 95.2 Å². The van der Waals surface area contributed by atoms with Crippen LogP contribution in [0.15, 0.2) is 0 Å². The zero-order valence-corrected chi connectivity index (χ0v) is 18.3. The quantitative estimate of drug-likeness (QED) is 0.824. The monoisotopic (exact) mass is 401 g/mol. The Bertz CT molecular complexity index is 671. The van der Waals surface area contributed by atoms with Gasteiger partial charge in [0.05, 0.1) is 0 Å². The lowest BCUT2D eigenvalue weighted by Gasteiger charge is -2.35. The Morgan fingerprint density at radius 3 is 2.41 bits per heavy atom. The first-order valence-corrected chi connectivity index (χ1v) is 12.0. The fourth-order valence-electron chi connectivity index (χ4n) is 5.50. The van der Waals surface area contributed by atoms with Crippen molar-refractivity contribution < 1.29 is 4.79 Å². The molecule has 2 saturated heterocycles. The lowest BCUT2D eigenvalue weighted by molar-refractivity contribution is 0.0939. The van der Waals surface area contributed by atoms with Crippen LogP contribution in [0.25, 0.3) is 0 Å². The Hall–Kier alpha value is -1.40. The van der Waals surface area contributed by atoms with Gasteiger partial charge in [-0.3, -0.25) is 9.48 Å². The Morgan fingerprint density at radius 1 is 1.00 bits per heavy atom. The number of aromatic nitrogens is 2. The molecule has 4 rings (SSSR count). The molecule has 0 bridgehead atoms. The molecule has 0 radical (unpaired) electrons. The van der Waals surface area contributed by atoms with Crippen LogP contribution >= 0.6 is 0 Å². The molecule has 3 aliphatic rings. The molecule has 3 heterocycles. The van der Waals surface area contributed by atoms with Gasteiger partial charge in [0.1, 0.15) is 0 Å². The topological polar surface area (TPSA) is 53.4 Å². The molecular formula is C23H39N5O. The highest BCUT2D eigenvalue weighted by Crippen LogP contribution is 2.28. The fourth-order valence-corrected chi connectivity index (χ4v) is 5.50. The molecule has 162 valence electrons. The number of amides is 1. The third kappa shape index (κ3) is 5.21. The number of hydrogen-bond acceptors (Lipinski definition) is 4. The van der Waals surface area contributed by atoms with Crippen LogP contribution in [0.4, 0.5) is 0 Å². The van der Waals surface area contributed by atoms with E-state index in [0.29, 0.717) is 11.7 Å². The third-order valence-corrected chi connectivity index (χ3v) is 7.21. The summed E-state index contributed by atoms with van der Waals surface area (Å²) >= 11 is 0. The van der Waals surface area contributed by atoms with Crippen molar-refractivity contribution in [1.82, 2.24) is 24.9 Å². The van der Waals surface area contributed by atoms with Gasteiger partial charge in [-0.25, -0.2) is 0 Å². The maximum absolute atomic E-state index is 12.9. The predicted octanol–water partition coefficient (Wildman–Crippen LogP) is 2.76. The number of rotatable bonds is 5. The van der Waals surface area contributed by atoms with Gasteiger partial charge in [0.15, 0.2) is 5.69 Å². The number of carbonyl (C=O) groups is 1. The van der Waals surface area contributed by atoms with Crippen molar-refractivity contribution >= 4 is 5.91 Å². The summed E-state index contributed by atoms with van der Waals surface area (Å²) in [6.45, 7) is 6.46. The number of piperidine rings is 1. The minimum atomic E-state index is 0.0205. The van der Waals surface area contributed by atoms with Crippen molar-refractivity contribution in [3.05, 3.63) is 17.0 Å². The van der Waals surface area contributed by atoms with E-state index in [4.69, 9.17) is 0 Å². The van der Waals surface area contributed by atoms with E-state index in [-0.39, 0.29) is 5.91 Å². The summed E-state index contributed by atoms with van der Waals surface area (Å²) < 4.78 is 1.96. The van der Waals surface area contributed by atoms with Gasteiger partial charge >= 0.3 is 0 Å². The minimum absolute atomic E-state index is 0.0205. The second-order valence-corrected chi connectivity index (χ2v) is 9.26. The first-order chi connectivity index (χ1) is 14.2. The number of nitrogens with one attached hydrogen (secondary N) is 1. The Kier molecular flexibility index (Phi) is 7.24. The first-order valence-electron chi connectivity index (χ1n) is 12.0. The van der Waals surface area contributed by atoms with Crippen LogP contribution in [0.1, 0.15) is 79.5 Å². The second kappa shape index (κ2) is 10.1. The summed E-state index contributed by atoms with van der Waals surface area (Å²) in [6, 6.07) is 0.574. The van der Waals surface area contributed by atoms with Crippen LogP contribution in [0, 0.1) is 0 Å². The molecule has 6 nitrogen and oxygen atoms in total. The smallest absolute Gasteiger partial charge is 0.272 e. The van der Waals surface area contributed by atoms with Crippen molar-refractivity contribution in [3.63, 3.8) is 0 Å². The maximum atomic E-state index is 12.9. The van der Waals surface area contributed by atoms with E-state index in [1.54, 1.807) is 0 Å². The van der Waals surface area contributed by atoms with E-state index in [1.807, 2.05) is 11.7 Å². The molecular weight excluding hydrogens is 362 g/mol. The molecule has 2 fully saturated rings. The van der Waals surface area contributed by atoms with Gasteiger partial charge in [0, 0.05) is 37.4 Å². The number of hydrogen-bond donors (Lipinski definition) is 1. The lowest BCUT2D eigenvalue weighted by Crippen LogP contribution is -2.42. The van der Waals surface area contributed by atoms with Gasteiger partial charge in [0.25, 0.3) is 5.91 Å². The van der Waals surface area contributed by atoms with Crippen molar-refractivity contribution in [2.75, 3.05) is 39.3 Å². The standard InChI is InChI=1S/C23H39N5O/c1-26-21-11-10-19(28-15-8-3-2-4-9-16-28)18-20(21)22(25-26)23(29)24-12-17-27-13-6-5-7-14-27/h19H,2-18H2,1H3,(H,24,29). The number of carbonyl (C=O) groups excluding carboxylic acids is 1. The molecule has 0 saturated carbocycles. The summed E-state index contributed by atoms with van der Waals surface area (Å²) in [5.74, 6) is 0.0205. The Labute approximate surface area is 176 Å². The van der Waals surface area contributed by atoms with Gasteiger partial charge in [-0.1, -0.05) is 25.7 Å². The van der Waals surface area contributed by atoms with Gasteiger partial charge in [0.2, 0.25) is 0 Å². The van der Waals surface area contributed by atoms with E-state index in [9.17, 15) is 4.79 Å². The minimum Gasteiger partial charge on any atom is -0.349 e. The Balaban J connectivity index is 1.37. The van der Waals surface area contributed by atoms with Crippen LogP contribution in [-0.2, 0) is 19.9 Å². The molecule has 1 amide bonds. The summed E-state index contributed by atoms with van der Waals surface area (Å²) in [5.41, 5.74) is 3.16. The largest absolute Gasteiger partial charge is 0.349 e. The molecule has 1 aliphatic carbocycles. The van der Waals surface area contributed by atoms with E-state index < -0.39 is 0 Å². The number of fused-ring (bicyclic) bond motifs is 1. The first kappa shape index (κ1) is 20.9. The summed E-state index contributed by atoms with van der Waals surface area (Å²) in [4.78, 5) is 18.1. The molecule has 1 aromatic rings. The van der Waals surface area contributed by atoms with Crippen LogP contribution < -0.4 is 5.32 Å². The van der Waals surface area contributed by atoms with Crippen LogP contribution in [0.3, 0.4) is 0 Å². The van der Waals surface area contributed by atoms with Crippen molar-refractivity contribution in [1.29, 1.82) is 0 Å². The van der Waals surface area contributed by atoms with E-state index in [0.717, 1.165) is 25.9 Å². The molecule has 0 aromatic carbocycles. The molecule has 1 N–H and O–H groups in total. The highest BCUT2D eigenvalue weighted by molar-refractivity contribution is 5.94. The highest BCUT2D eigenvalue weighted by atomic mass is 16.2. The average Bonchev–Trinajstić information content (AvgIpc) is 3.05. The molecule has 6 heteroatoms. The lowest BCUT2D eigenvalue weighted by atomic mass is 9.89. The molecule has 1 aromatic heterocycles. The van der Waals surface area contributed by atoms with E-state index in [2.05, 4.69) is 20.2 Å².